The van der Waals surface area contributed by atoms with Gasteiger partial charge in [0.05, 0.1) is 18.5 Å². The fourth-order valence-corrected chi connectivity index (χ4v) is 2.07. The van der Waals surface area contributed by atoms with Crippen LogP contribution in [-0.4, -0.2) is 23.7 Å². The lowest BCUT2D eigenvalue weighted by atomic mass is 10.2. The topological polar surface area (TPSA) is 66.5 Å². The van der Waals surface area contributed by atoms with E-state index in [0.29, 0.717) is 12.2 Å². The molecule has 122 valence electrons. The van der Waals surface area contributed by atoms with Crippen molar-refractivity contribution in [3.05, 3.63) is 53.9 Å². The summed E-state index contributed by atoms with van der Waals surface area (Å²) < 4.78 is 5.65. The Labute approximate surface area is 136 Å². The summed E-state index contributed by atoms with van der Waals surface area (Å²) in [5.74, 6) is 0.537. The van der Waals surface area contributed by atoms with Crippen LogP contribution in [0, 0.1) is 0 Å². The van der Waals surface area contributed by atoms with Gasteiger partial charge in [-0.15, -0.1) is 0 Å². The maximum absolute atomic E-state index is 11.9. The quantitative estimate of drug-likeness (QED) is 0.421. The molecule has 0 spiro atoms. The van der Waals surface area contributed by atoms with Crippen molar-refractivity contribution in [3.8, 4) is 5.75 Å². The van der Waals surface area contributed by atoms with Crippen molar-refractivity contribution in [2.24, 2.45) is 5.10 Å². The molecule has 2 aromatic rings. The average Bonchev–Trinajstić information content (AvgIpc) is 3.08. The Morgan fingerprint density at radius 3 is 2.74 bits per heavy atom. The number of aromatic nitrogens is 1. The summed E-state index contributed by atoms with van der Waals surface area (Å²) in [6.45, 7) is 2.90. The molecule has 0 fully saturated rings. The summed E-state index contributed by atoms with van der Waals surface area (Å²) in [4.78, 5) is 14.9. The van der Waals surface area contributed by atoms with Gasteiger partial charge in [0.15, 0.2) is 0 Å². The predicted molar refractivity (Wildman–Crippen MR) is 91.9 cm³/mol. The highest BCUT2D eigenvalue weighted by Crippen LogP contribution is 2.13. The van der Waals surface area contributed by atoms with Crippen LogP contribution >= 0.6 is 0 Å². The molecule has 0 atom stereocenters. The van der Waals surface area contributed by atoms with Gasteiger partial charge in [-0.25, -0.2) is 5.43 Å². The van der Waals surface area contributed by atoms with Crippen LogP contribution in [0.1, 0.15) is 48.7 Å². The minimum Gasteiger partial charge on any atom is -0.494 e. The van der Waals surface area contributed by atoms with E-state index >= 15 is 0 Å². The Morgan fingerprint density at radius 1 is 1.22 bits per heavy atom. The monoisotopic (exact) mass is 313 g/mol. The predicted octanol–water partition coefficient (Wildman–Crippen LogP) is 3.74. The molecule has 0 aliphatic rings. The molecule has 5 nitrogen and oxygen atoms in total. The van der Waals surface area contributed by atoms with Gasteiger partial charge in [-0.1, -0.05) is 26.2 Å². The second kappa shape index (κ2) is 9.46. The number of aromatic amines is 1. The number of amides is 1. The van der Waals surface area contributed by atoms with E-state index in [2.05, 4.69) is 22.4 Å². The molecule has 0 aliphatic carbocycles. The molecule has 0 unspecified atom stereocenters. The number of unbranched alkanes of at least 4 members (excludes halogenated alkanes) is 3. The normalized spacial score (nSPS) is 10.8. The fraction of sp³-hybridized carbons (Fsp3) is 0.333. The number of benzene rings is 1. The van der Waals surface area contributed by atoms with E-state index in [1.807, 2.05) is 24.3 Å². The molecule has 5 heteroatoms. The van der Waals surface area contributed by atoms with E-state index in [0.717, 1.165) is 17.9 Å². The molecular weight excluding hydrogens is 290 g/mol. The lowest BCUT2D eigenvalue weighted by molar-refractivity contribution is 0.0955. The van der Waals surface area contributed by atoms with E-state index in [4.69, 9.17) is 4.74 Å². The smallest absolute Gasteiger partial charge is 0.271 e. The van der Waals surface area contributed by atoms with E-state index in [1.54, 1.807) is 24.5 Å². The summed E-state index contributed by atoms with van der Waals surface area (Å²) in [5, 5.41) is 3.90. The number of nitrogens with one attached hydrogen (secondary N) is 2. The number of rotatable bonds is 9. The number of nitrogens with zero attached hydrogens (tertiary/aromatic N) is 1. The minimum atomic E-state index is -0.248. The largest absolute Gasteiger partial charge is 0.494 e. The van der Waals surface area contributed by atoms with E-state index in [1.165, 1.54) is 19.3 Å². The summed E-state index contributed by atoms with van der Waals surface area (Å²) in [6.07, 6.45) is 8.07. The highest BCUT2D eigenvalue weighted by atomic mass is 16.5. The third-order valence-electron chi connectivity index (χ3n) is 3.37. The zero-order valence-corrected chi connectivity index (χ0v) is 13.4. The van der Waals surface area contributed by atoms with E-state index < -0.39 is 0 Å². The van der Waals surface area contributed by atoms with Crippen LogP contribution in [0.5, 0.6) is 5.75 Å². The zero-order chi connectivity index (χ0) is 16.3. The second-order valence-corrected chi connectivity index (χ2v) is 5.26. The van der Waals surface area contributed by atoms with Gasteiger partial charge in [0.1, 0.15) is 5.75 Å². The van der Waals surface area contributed by atoms with Crippen molar-refractivity contribution >= 4 is 12.1 Å². The summed E-state index contributed by atoms with van der Waals surface area (Å²) in [6, 6.07) is 10.8. The minimum absolute atomic E-state index is 0.248. The molecule has 2 rings (SSSR count). The molecule has 0 bridgehead atoms. The van der Waals surface area contributed by atoms with Crippen LogP contribution in [-0.2, 0) is 0 Å². The van der Waals surface area contributed by atoms with E-state index in [-0.39, 0.29) is 5.91 Å². The molecule has 0 aliphatic heterocycles. The van der Waals surface area contributed by atoms with Crippen molar-refractivity contribution < 1.29 is 9.53 Å². The third-order valence-corrected chi connectivity index (χ3v) is 3.37. The standard InChI is InChI=1S/C18H23N3O2/c1-2-3-4-5-13-23-17-10-8-15(9-11-17)18(22)21-20-14-16-7-6-12-19-16/h6-12,14,19H,2-5,13H2,1H3,(H,21,22)/b20-14+. The van der Waals surface area contributed by atoms with Gasteiger partial charge in [-0.05, 0) is 42.8 Å². The molecule has 0 saturated carbocycles. The van der Waals surface area contributed by atoms with Crippen LogP contribution in [0.2, 0.25) is 0 Å². The van der Waals surface area contributed by atoms with Crippen molar-refractivity contribution in [2.45, 2.75) is 32.6 Å². The first kappa shape index (κ1) is 16.8. The number of carbonyl (C=O) groups excluding carboxylic acids is 1. The van der Waals surface area contributed by atoms with Gasteiger partial charge in [0, 0.05) is 11.8 Å². The van der Waals surface area contributed by atoms with Crippen LogP contribution in [0.15, 0.2) is 47.7 Å². The lowest BCUT2D eigenvalue weighted by Gasteiger charge is -2.06. The SMILES string of the molecule is CCCCCCOc1ccc(C(=O)N/N=C/c2ccc[nH]2)cc1. The number of H-pyrrole nitrogens is 1. The Balaban J connectivity index is 1.76. The first-order chi connectivity index (χ1) is 11.3. The Bertz CT molecular complexity index is 604. The van der Waals surface area contributed by atoms with Crippen molar-refractivity contribution in [1.82, 2.24) is 10.4 Å². The summed E-state index contributed by atoms with van der Waals surface area (Å²) in [5.41, 5.74) is 3.87. The molecule has 0 saturated heterocycles. The molecule has 0 radical (unpaired) electrons. The highest BCUT2D eigenvalue weighted by molar-refractivity contribution is 5.94. The molecule has 1 aromatic carbocycles. The van der Waals surface area contributed by atoms with Gasteiger partial charge >= 0.3 is 0 Å². The van der Waals surface area contributed by atoms with Gasteiger partial charge in [0.25, 0.3) is 5.91 Å². The van der Waals surface area contributed by atoms with Crippen LogP contribution < -0.4 is 10.2 Å². The van der Waals surface area contributed by atoms with Crippen molar-refractivity contribution in [1.29, 1.82) is 0 Å². The van der Waals surface area contributed by atoms with E-state index in [9.17, 15) is 4.79 Å². The van der Waals surface area contributed by atoms with Crippen LogP contribution in [0.25, 0.3) is 0 Å². The summed E-state index contributed by atoms with van der Waals surface area (Å²) >= 11 is 0. The number of hydrazone groups is 1. The molecule has 1 heterocycles. The molecule has 1 aromatic heterocycles. The van der Waals surface area contributed by atoms with Crippen molar-refractivity contribution in [3.63, 3.8) is 0 Å². The summed E-state index contributed by atoms with van der Waals surface area (Å²) in [7, 11) is 0. The lowest BCUT2D eigenvalue weighted by Crippen LogP contribution is -2.17. The fourth-order valence-electron chi connectivity index (χ4n) is 2.07. The van der Waals surface area contributed by atoms with Gasteiger partial charge in [-0.3, -0.25) is 4.79 Å². The third kappa shape index (κ3) is 5.98. The molecule has 23 heavy (non-hydrogen) atoms. The maximum Gasteiger partial charge on any atom is 0.271 e. The zero-order valence-electron chi connectivity index (χ0n) is 13.4. The maximum atomic E-state index is 11.9. The van der Waals surface area contributed by atoms with Gasteiger partial charge < -0.3 is 9.72 Å². The number of carbonyl (C=O) groups is 1. The number of hydrogen-bond donors (Lipinski definition) is 2. The molecule has 2 N–H and O–H groups in total. The number of hydrogen-bond acceptors (Lipinski definition) is 3. The average molecular weight is 313 g/mol. The first-order valence-electron chi connectivity index (χ1n) is 7.99. The molecular formula is C18H23N3O2. The molecule has 1 amide bonds. The number of ether oxygens (including phenoxy) is 1. The highest BCUT2D eigenvalue weighted by Gasteiger charge is 2.04. The van der Waals surface area contributed by atoms with Crippen LogP contribution in [0.3, 0.4) is 0 Å². The Kier molecular flexibility index (Phi) is 6.91. The van der Waals surface area contributed by atoms with Crippen LogP contribution in [0.4, 0.5) is 0 Å². The second-order valence-electron chi connectivity index (χ2n) is 5.26. The Morgan fingerprint density at radius 2 is 2.04 bits per heavy atom. The van der Waals surface area contributed by atoms with Crippen molar-refractivity contribution in [2.75, 3.05) is 6.61 Å². The Hall–Kier alpha value is -2.56. The van der Waals surface area contributed by atoms with Gasteiger partial charge in [-0.2, -0.15) is 5.10 Å². The van der Waals surface area contributed by atoms with Gasteiger partial charge in [0.2, 0.25) is 0 Å². The first-order valence-corrected chi connectivity index (χ1v) is 7.99.